The van der Waals surface area contributed by atoms with Crippen LogP contribution in [0.25, 0.3) is 0 Å². The van der Waals surface area contributed by atoms with Gasteiger partial charge in [0.05, 0.1) is 6.42 Å². The van der Waals surface area contributed by atoms with Gasteiger partial charge in [0.1, 0.15) is 5.82 Å². The second kappa shape index (κ2) is 6.95. The minimum absolute atomic E-state index is 0. The Labute approximate surface area is 121 Å². The highest BCUT2D eigenvalue weighted by molar-refractivity contribution is 5.85. The van der Waals surface area contributed by atoms with E-state index < -0.39 is 17.5 Å². The van der Waals surface area contributed by atoms with E-state index >= 15 is 0 Å². The van der Waals surface area contributed by atoms with Crippen LogP contribution in [0.2, 0.25) is 0 Å². The lowest BCUT2D eigenvalue weighted by molar-refractivity contribution is -0.131. The third-order valence-electron chi connectivity index (χ3n) is 3.15. The summed E-state index contributed by atoms with van der Waals surface area (Å²) in [5, 5.41) is 3.18. The summed E-state index contributed by atoms with van der Waals surface area (Å²) in [5.74, 6) is -3.56. The molecule has 1 heterocycles. The Bertz CT molecular complexity index is 499. The molecular formula is C13H16ClF3N2O. The highest BCUT2D eigenvalue weighted by atomic mass is 35.5. The summed E-state index contributed by atoms with van der Waals surface area (Å²) in [6, 6.07) is 1.39. The van der Waals surface area contributed by atoms with Crippen LogP contribution in [-0.4, -0.2) is 36.5 Å². The summed E-state index contributed by atoms with van der Waals surface area (Å²) in [6.45, 7) is 3.68. The van der Waals surface area contributed by atoms with E-state index in [4.69, 9.17) is 0 Å². The number of nitrogens with zero attached hydrogens (tertiary/aromatic N) is 1. The predicted molar refractivity (Wildman–Crippen MR) is 71.3 cm³/mol. The van der Waals surface area contributed by atoms with Gasteiger partial charge in [0, 0.05) is 37.3 Å². The van der Waals surface area contributed by atoms with Gasteiger partial charge in [-0.2, -0.15) is 0 Å². The van der Waals surface area contributed by atoms with E-state index in [1.807, 2.05) is 6.92 Å². The smallest absolute Gasteiger partial charge is 0.227 e. The number of benzene rings is 1. The van der Waals surface area contributed by atoms with Gasteiger partial charge in [0.2, 0.25) is 5.91 Å². The van der Waals surface area contributed by atoms with E-state index in [0.717, 1.165) is 6.07 Å². The van der Waals surface area contributed by atoms with Crippen molar-refractivity contribution in [2.24, 2.45) is 0 Å². The highest BCUT2D eigenvalue weighted by Gasteiger charge is 2.22. The summed E-state index contributed by atoms with van der Waals surface area (Å²) < 4.78 is 39.3. The van der Waals surface area contributed by atoms with Crippen LogP contribution >= 0.6 is 12.4 Å². The summed E-state index contributed by atoms with van der Waals surface area (Å²) in [6.07, 6.45) is -0.254. The monoisotopic (exact) mass is 308 g/mol. The lowest BCUT2D eigenvalue weighted by atomic mass is 10.1. The predicted octanol–water partition coefficient (Wildman–Crippen LogP) is 1.89. The van der Waals surface area contributed by atoms with Gasteiger partial charge in [0.25, 0.3) is 0 Å². The Morgan fingerprint density at radius 2 is 1.95 bits per heavy atom. The molecule has 20 heavy (non-hydrogen) atoms. The standard InChI is InChI=1S/C13H15F3N2O.ClH/c1-8-7-18(3-2-17-8)13(19)5-9-4-11(15)12(16)6-10(9)14;/h4,6,8,17H,2-3,5,7H2,1H3;1H/t8-;/m1./s1. The number of hydrogen-bond acceptors (Lipinski definition) is 2. The number of carbonyl (C=O) groups excluding carboxylic acids is 1. The van der Waals surface area contributed by atoms with Gasteiger partial charge < -0.3 is 10.2 Å². The third kappa shape index (κ3) is 3.86. The number of hydrogen-bond donors (Lipinski definition) is 1. The fourth-order valence-corrected chi connectivity index (χ4v) is 2.13. The average Bonchev–Trinajstić information content (AvgIpc) is 2.36. The third-order valence-corrected chi connectivity index (χ3v) is 3.15. The van der Waals surface area contributed by atoms with Gasteiger partial charge in [-0.1, -0.05) is 0 Å². The Balaban J connectivity index is 0.00000200. The molecule has 1 saturated heterocycles. The lowest BCUT2D eigenvalue weighted by Gasteiger charge is -2.32. The van der Waals surface area contributed by atoms with Crippen molar-refractivity contribution in [3.05, 3.63) is 35.1 Å². The van der Waals surface area contributed by atoms with Gasteiger partial charge in [-0.25, -0.2) is 13.2 Å². The molecule has 1 N–H and O–H groups in total. The molecule has 0 aromatic heterocycles. The summed E-state index contributed by atoms with van der Waals surface area (Å²) >= 11 is 0. The molecule has 1 amide bonds. The average molecular weight is 309 g/mol. The number of nitrogens with one attached hydrogen (secondary N) is 1. The van der Waals surface area contributed by atoms with Crippen LogP contribution in [0.5, 0.6) is 0 Å². The van der Waals surface area contributed by atoms with E-state index in [1.54, 1.807) is 4.90 Å². The molecule has 0 spiro atoms. The van der Waals surface area contributed by atoms with Gasteiger partial charge >= 0.3 is 0 Å². The summed E-state index contributed by atoms with van der Waals surface area (Å²) in [7, 11) is 0. The highest BCUT2D eigenvalue weighted by Crippen LogP contribution is 2.15. The van der Waals surface area contributed by atoms with E-state index in [1.165, 1.54) is 0 Å². The second-order valence-corrected chi connectivity index (χ2v) is 4.73. The molecule has 1 aromatic carbocycles. The zero-order valence-electron chi connectivity index (χ0n) is 11.0. The Morgan fingerprint density at radius 3 is 2.60 bits per heavy atom. The first-order valence-electron chi connectivity index (χ1n) is 6.12. The first-order chi connectivity index (χ1) is 8.97. The van der Waals surface area contributed by atoms with Crippen molar-refractivity contribution in [2.45, 2.75) is 19.4 Å². The topological polar surface area (TPSA) is 32.3 Å². The Morgan fingerprint density at radius 1 is 1.30 bits per heavy atom. The normalized spacial score (nSPS) is 18.6. The van der Waals surface area contributed by atoms with Crippen molar-refractivity contribution in [2.75, 3.05) is 19.6 Å². The van der Waals surface area contributed by atoms with Crippen molar-refractivity contribution in [3.63, 3.8) is 0 Å². The minimum atomic E-state index is -1.25. The van der Waals surface area contributed by atoms with Crippen molar-refractivity contribution in [1.82, 2.24) is 10.2 Å². The zero-order chi connectivity index (χ0) is 14.0. The van der Waals surface area contributed by atoms with Crippen LogP contribution in [0.15, 0.2) is 12.1 Å². The van der Waals surface area contributed by atoms with Gasteiger partial charge in [0.15, 0.2) is 11.6 Å². The Kier molecular flexibility index (Phi) is 5.83. The maximum Gasteiger partial charge on any atom is 0.227 e. The maximum absolute atomic E-state index is 13.4. The molecule has 2 rings (SSSR count). The number of piperazine rings is 1. The molecule has 0 aliphatic carbocycles. The fraction of sp³-hybridized carbons (Fsp3) is 0.462. The number of amides is 1. The zero-order valence-corrected chi connectivity index (χ0v) is 11.8. The number of halogens is 4. The molecule has 1 aromatic rings. The van der Waals surface area contributed by atoms with Crippen LogP contribution in [0, 0.1) is 17.5 Å². The van der Waals surface area contributed by atoms with E-state index in [-0.39, 0.29) is 36.3 Å². The molecule has 0 bridgehead atoms. The van der Waals surface area contributed by atoms with Crippen molar-refractivity contribution >= 4 is 18.3 Å². The number of rotatable bonds is 2. The fourth-order valence-electron chi connectivity index (χ4n) is 2.13. The maximum atomic E-state index is 13.4. The van der Waals surface area contributed by atoms with Crippen LogP contribution in [0.4, 0.5) is 13.2 Å². The van der Waals surface area contributed by atoms with Gasteiger partial charge in [-0.3, -0.25) is 4.79 Å². The van der Waals surface area contributed by atoms with Gasteiger partial charge in [-0.05, 0) is 13.0 Å². The molecule has 0 unspecified atom stereocenters. The SMILES string of the molecule is C[C@@H]1CN(C(=O)Cc2cc(F)c(F)cc2F)CCN1.Cl. The van der Waals surface area contributed by atoms with Crippen molar-refractivity contribution < 1.29 is 18.0 Å². The molecule has 1 fully saturated rings. The molecule has 112 valence electrons. The lowest BCUT2D eigenvalue weighted by Crippen LogP contribution is -2.51. The quantitative estimate of drug-likeness (QED) is 0.846. The largest absolute Gasteiger partial charge is 0.340 e. The van der Waals surface area contributed by atoms with Crippen LogP contribution in [0.3, 0.4) is 0 Å². The minimum Gasteiger partial charge on any atom is -0.340 e. The molecule has 1 aliphatic heterocycles. The molecular weight excluding hydrogens is 293 g/mol. The van der Waals surface area contributed by atoms with E-state index in [2.05, 4.69) is 5.32 Å². The molecule has 1 atom stereocenters. The number of carbonyl (C=O) groups is 1. The molecule has 0 radical (unpaired) electrons. The first-order valence-corrected chi connectivity index (χ1v) is 6.12. The van der Waals surface area contributed by atoms with Crippen LogP contribution < -0.4 is 5.32 Å². The first kappa shape index (κ1) is 16.8. The van der Waals surface area contributed by atoms with E-state index in [9.17, 15) is 18.0 Å². The van der Waals surface area contributed by atoms with Crippen molar-refractivity contribution in [1.29, 1.82) is 0 Å². The van der Waals surface area contributed by atoms with Crippen LogP contribution in [0.1, 0.15) is 12.5 Å². The summed E-state index contributed by atoms with van der Waals surface area (Å²) in [4.78, 5) is 13.6. The molecule has 3 nitrogen and oxygen atoms in total. The molecule has 7 heteroatoms. The van der Waals surface area contributed by atoms with Crippen LogP contribution in [-0.2, 0) is 11.2 Å². The second-order valence-electron chi connectivity index (χ2n) is 4.73. The Hall–Kier alpha value is -1.27. The van der Waals surface area contributed by atoms with Gasteiger partial charge in [-0.15, -0.1) is 12.4 Å². The van der Waals surface area contributed by atoms with Crippen molar-refractivity contribution in [3.8, 4) is 0 Å². The summed E-state index contributed by atoms with van der Waals surface area (Å²) in [5.41, 5.74) is -0.116. The molecule has 0 saturated carbocycles. The molecule has 1 aliphatic rings. The van der Waals surface area contributed by atoms with E-state index in [0.29, 0.717) is 25.7 Å².